The maximum Gasteiger partial charge on any atom is -0.0178 e. The summed E-state index contributed by atoms with van der Waals surface area (Å²) in [4.78, 5) is 0. The monoisotopic (exact) mass is 274 g/mol. The van der Waals surface area contributed by atoms with Gasteiger partial charge in [-0.15, -0.1) is 0 Å². The Kier molecular flexibility index (Phi) is 5.34. The van der Waals surface area contributed by atoms with Gasteiger partial charge in [0.1, 0.15) is 0 Å². The van der Waals surface area contributed by atoms with Gasteiger partial charge in [-0.3, -0.25) is 0 Å². The fraction of sp³-hybridized carbons (Fsp3) is 0.143. The molecule has 0 nitrogen and oxygen atoms in total. The molecule has 0 atom stereocenters. The third-order valence-corrected chi connectivity index (χ3v) is 3.29. The Morgan fingerprint density at radius 2 is 1.67 bits per heavy atom. The number of hydrogen-bond acceptors (Lipinski definition) is 0. The molecule has 0 aliphatic heterocycles. The van der Waals surface area contributed by atoms with Crippen molar-refractivity contribution in [3.8, 4) is 11.1 Å². The molecule has 0 saturated carbocycles. The molecule has 106 valence electrons. The van der Waals surface area contributed by atoms with Crippen molar-refractivity contribution < 1.29 is 0 Å². The van der Waals surface area contributed by atoms with Crippen LogP contribution in [0.1, 0.15) is 19.4 Å². The van der Waals surface area contributed by atoms with Gasteiger partial charge in [0, 0.05) is 0 Å². The lowest BCUT2D eigenvalue weighted by atomic mass is 9.98. The summed E-state index contributed by atoms with van der Waals surface area (Å²) >= 11 is 0. The van der Waals surface area contributed by atoms with Crippen molar-refractivity contribution in [1.82, 2.24) is 0 Å². The van der Waals surface area contributed by atoms with E-state index in [1.807, 2.05) is 12.1 Å². The van der Waals surface area contributed by atoms with E-state index in [1.165, 1.54) is 16.7 Å². The number of hydrogen-bond donors (Lipinski definition) is 0. The molecule has 0 aliphatic rings. The van der Waals surface area contributed by atoms with Crippen LogP contribution in [0.2, 0.25) is 0 Å². The third-order valence-electron chi connectivity index (χ3n) is 3.29. The summed E-state index contributed by atoms with van der Waals surface area (Å²) in [5, 5.41) is 0. The number of allylic oxidation sites excluding steroid dienone is 5. The van der Waals surface area contributed by atoms with E-state index in [-0.39, 0.29) is 0 Å². The number of rotatable bonds is 5. The van der Waals surface area contributed by atoms with E-state index < -0.39 is 0 Å². The molecule has 2 aromatic rings. The fourth-order valence-electron chi connectivity index (χ4n) is 2.17. The lowest BCUT2D eigenvalue weighted by Crippen LogP contribution is -1.83. The summed E-state index contributed by atoms with van der Waals surface area (Å²) in [6.45, 7) is 8.28. The van der Waals surface area contributed by atoms with Crippen molar-refractivity contribution in [3.05, 3.63) is 91.0 Å². The highest BCUT2D eigenvalue weighted by molar-refractivity contribution is 5.78. The molecule has 0 N–H and O–H groups in total. The molecule has 0 unspecified atom stereocenters. The van der Waals surface area contributed by atoms with E-state index in [1.54, 1.807) is 0 Å². The average molecular weight is 274 g/mol. The number of benzene rings is 2. The van der Waals surface area contributed by atoms with Gasteiger partial charge >= 0.3 is 0 Å². The summed E-state index contributed by atoms with van der Waals surface area (Å²) in [5.41, 5.74) is 4.80. The topological polar surface area (TPSA) is 0 Å². The van der Waals surface area contributed by atoms with Gasteiger partial charge in [-0.2, -0.15) is 0 Å². The van der Waals surface area contributed by atoms with Crippen molar-refractivity contribution in [2.24, 2.45) is 5.92 Å². The molecule has 0 aromatic heterocycles. The molecule has 0 heterocycles. The Hall–Kier alpha value is -2.34. The molecular formula is C21H22. The standard InChI is InChI=1S/C21H22/c1-4-18(13-8-10-17(2)3)20-14-9-15-21(16-20)19-11-6-5-7-12-19/h4-17H,1H2,2-3H3. The molecule has 0 bridgehead atoms. The lowest BCUT2D eigenvalue weighted by Gasteiger charge is -2.06. The van der Waals surface area contributed by atoms with Gasteiger partial charge in [-0.05, 0) is 34.2 Å². The highest BCUT2D eigenvalue weighted by Crippen LogP contribution is 2.24. The van der Waals surface area contributed by atoms with Crippen LogP contribution in [0.25, 0.3) is 16.7 Å². The Balaban J connectivity index is 2.33. The van der Waals surface area contributed by atoms with Crippen LogP contribution in [0.3, 0.4) is 0 Å². The Labute approximate surface area is 128 Å². The van der Waals surface area contributed by atoms with Crippen LogP contribution in [0, 0.1) is 5.92 Å². The van der Waals surface area contributed by atoms with Crippen LogP contribution in [0.5, 0.6) is 0 Å². The molecule has 2 aromatic carbocycles. The summed E-state index contributed by atoms with van der Waals surface area (Å²) in [6.07, 6.45) is 8.33. The maximum atomic E-state index is 3.94. The van der Waals surface area contributed by atoms with E-state index in [2.05, 4.69) is 87.2 Å². The average Bonchev–Trinajstić information content (AvgIpc) is 2.52. The Morgan fingerprint density at radius 3 is 2.33 bits per heavy atom. The van der Waals surface area contributed by atoms with Crippen molar-refractivity contribution in [3.63, 3.8) is 0 Å². The molecular weight excluding hydrogens is 252 g/mol. The minimum atomic E-state index is 0.558. The zero-order valence-corrected chi connectivity index (χ0v) is 12.8. The summed E-state index contributed by atoms with van der Waals surface area (Å²) < 4.78 is 0. The van der Waals surface area contributed by atoms with Crippen LogP contribution >= 0.6 is 0 Å². The van der Waals surface area contributed by atoms with E-state index in [4.69, 9.17) is 0 Å². The van der Waals surface area contributed by atoms with Gasteiger partial charge in [-0.1, -0.05) is 93.3 Å². The van der Waals surface area contributed by atoms with Gasteiger partial charge < -0.3 is 0 Å². The largest absolute Gasteiger partial charge is 0.0984 e. The van der Waals surface area contributed by atoms with Crippen molar-refractivity contribution in [2.75, 3.05) is 0 Å². The van der Waals surface area contributed by atoms with Crippen LogP contribution < -0.4 is 0 Å². The predicted octanol–water partition coefficient (Wildman–Crippen LogP) is 6.14. The fourth-order valence-corrected chi connectivity index (χ4v) is 2.17. The molecule has 21 heavy (non-hydrogen) atoms. The minimum Gasteiger partial charge on any atom is -0.0984 e. The SMILES string of the molecule is C=CC(=CC=CC(C)C)c1cccc(-c2ccccc2)c1. The minimum absolute atomic E-state index is 0.558. The zero-order valence-electron chi connectivity index (χ0n) is 12.8. The first-order valence-corrected chi connectivity index (χ1v) is 7.37. The van der Waals surface area contributed by atoms with Gasteiger partial charge in [0.05, 0.1) is 0 Å². The predicted molar refractivity (Wildman–Crippen MR) is 94.0 cm³/mol. The van der Waals surface area contributed by atoms with Crippen LogP contribution in [0.15, 0.2) is 85.5 Å². The molecule has 0 spiro atoms. The second kappa shape index (κ2) is 7.44. The van der Waals surface area contributed by atoms with Crippen molar-refractivity contribution >= 4 is 5.57 Å². The van der Waals surface area contributed by atoms with Gasteiger partial charge in [0.2, 0.25) is 0 Å². The highest BCUT2D eigenvalue weighted by atomic mass is 14.1. The van der Waals surface area contributed by atoms with Crippen LogP contribution in [-0.2, 0) is 0 Å². The van der Waals surface area contributed by atoms with E-state index >= 15 is 0 Å². The van der Waals surface area contributed by atoms with E-state index in [0.717, 1.165) is 5.57 Å². The van der Waals surface area contributed by atoms with E-state index in [9.17, 15) is 0 Å². The summed E-state index contributed by atoms with van der Waals surface area (Å²) in [7, 11) is 0. The van der Waals surface area contributed by atoms with Crippen molar-refractivity contribution in [1.29, 1.82) is 0 Å². The molecule has 2 rings (SSSR count). The second-order valence-corrected chi connectivity index (χ2v) is 5.40. The van der Waals surface area contributed by atoms with Gasteiger partial charge in [-0.25, -0.2) is 0 Å². The Bertz CT molecular complexity index is 643. The second-order valence-electron chi connectivity index (χ2n) is 5.40. The molecule has 0 heteroatoms. The Morgan fingerprint density at radius 1 is 0.952 bits per heavy atom. The van der Waals surface area contributed by atoms with E-state index in [0.29, 0.717) is 5.92 Å². The first-order valence-electron chi connectivity index (χ1n) is 7.37. The molecule has 0 fully saturated rings. The summed E-state index contributed by atoms with van der Waals surface area (Å²) in [6, 6.07) is 19.0. The van der Waals surface area contributed by atoms with Crippen LogP contribution in [-0.4, -0.2) is 0 Å². The summed E-state index contributed by atoms with van der Waals surface area (Å²) in [5.74, 6) is 0.558. The van der Waals surface area contributed by atoms with Gasteiger partial charge in [0.25, 0.3) is 0 Å². The molecule has 0 saturated heterocycles. The van der Waals surface area contributed by atoms with Gasteiger partial charge in [0.15, 0.2) is 0 Å². The third kappa shape index (κ3) is 4.32. The quantitative estimate of drug-likeness (QED) is 0.575. The maximum absolute atomic E-state index is 3.94. The van der Waals surface area contributed by atoms with Crippen molar-refractivity contribution in [2.45, 2.75) is 13.8 Å². The lowest BCUT2D eigenvalue weighted by molar-refractivity contribution is 0.832. The molecule has 0 amide bonds. The highest BCUT2D eigenvalue weighted by Gasteiger charge is 2.00. The smallest absolute Gasteiger partial charge is 0.0178 e. The molecule has 0 radical (unpaired) electrons. The molecule has 0 aliphatic carbocycles. The zero-order chi connectivity index (χ0) is 15.1. The first kappa shape index (κ1) is 15.1. The first-order chi connectivity index (χ1) is 10.2. The normalized spacial score (nSPS) is 12.0. The van der Waals surface area contributed by atoms with Crippen LogP contribution in [0.4, 0.5) is 0 Å².